The summed E-state index contributed by atoms with van der Waals surface area (Å²) < 4.78 is 13.3. The molecule has 10 nitrogen and oxygen atoms in total. The van der Waals surface area contributed by atoms with Gasteiger partial charge < -0.3 is 19.4 Å². The van der Waals surface area contributed by atoms with Gasteiger partial charge in [0.15, 0.2) is 5.82 Å². The fourth-order valence-corrected chi connectivity index (χ4v) is 5.50. The second kappa shape index (κ2) is 8.06. The number of nitrogens with one attached hydrogen (secondary N) is 1. The van der Waals surface area contributed by atoms with Crippen molar-refractivity contribution < 1.29 is 13.9 Å². The number of carbonyl (C=O) groups excluding carboxylic acids is 1. The van der Waals surface area contributed by atoms with Crippen LogP contribution < -0.4 is 5.32 Å². The first kappa shape index (κ1) is 21.5. The number of halogens is 1. The van der Waals surface area contributed by atoms with Gasteiger partial charge in [-0.2, -0.15) is 5.10 Å². The summed E-state index contributed by atoms with van der Waals surface area (Å²) in [7, 11) is 1.79. The predicted octanol–water partition coefficient (Wildman–Crippen LogP) is 4.13. The Hall–Kier alpha value is -2.98. The maximum absolute atomic E-state index is 13.5. The minimum absolute atomic E-state index is 0.131. The van der Waals surface area contributed by atoms with E-state index in [2.05, 4.69) is 32.5 Å². The lowest BCUT2D eigenvalue weighted by Gasteiger charge is -2.61. The molecule has 2 saturated heterocycles. The number of urea groups is 1. The lowest BCUT2D eigenvalue weighted by atomic mass is 9.64. The van der Waals surface area contributed by atoms with E-state index in [0.29, 0.717) is 52.5 Å². The zero-order chi connectivity index (χ0) is 23.4. The van der Waals surface area contributed by atoms with Crippen LogP contribution in [0.4, 0.5) is 10.5 Å². The third-order valence-electron chi connectivity index (χ3n) is 6.87. The highest BCUT2D eigenvalue weighted by atomic mass is 35.5. The van der Waals surface area contributed by atoms with Crippen molar-refractivity contribution in [1.29, 1.82) is 0 Å². The van der Waals surface area contributed by atoms with Crippen molar-refractivity contribution in [3.63, 3.8) is 0 Å². The van der Waals surface area contributed by atoms with Crippen molar-refractivity contribution in [2.75, 3.05) is 5.32 Å². The molecule has 1 N–H and O–H groups in total. The fraction of sp³-hybridized carbons (Fsp3) is 0.522. The molecule has 3 aromatic rings. The average Bonchev–Trinajstić information content (AvgIpc) is 3.32. The fourth-order valence-electron chi connectivity index (χ4n) is 5.29. The molecular formula is C23H26ClN7O3. The molecule has 11 heteroatoms. The normalized spacial score (nSPS) is 25.8. The molecule has 2 aromatic heterocycles. The van der Waals surface area contributed by atoms with Crippen LogP contribution in [0.25, 0.3) is 11.4 Å². The van der Waals surface area contributed by atoms with Gasteiger partial charge in [0, 0.05) is 30.8 Å². The Labute approximate surface area is 201 Å². The number of aromatic nitrogens is 5. The van der Waals surface area contributed by atoms with E-state index >= 15 is 0 Å². The topological polar surface area (TPSA) is 111 Å². The Morgan fingerprint density at radius 1 is 1.32 bits per heavy atom. The Morgan fingerprint density at radius 3 is 2.94 bits per heavy atom. The zero-order valence-corrected chi connectivity index (χ0v) is 19.8. The molecule has 4 heterocycles. The molecule has 2 saturated carbocycles. The van der Waals surface area contributed by atoms with E-state index in [-0.39, 0.29) is 12.1 Å². The third-order valence-corrected chi connectivity index (χ3v) is 7.20. The van der Waals surface area contributed by atoms with Crippen molar-refractivity contribution in [2.45, 2.75) is 63.3 Å². The van der Waals surface area contributed by atoms with E-state index in [1.54, 1.807) is 36.3 Å². The summed E-state index contributed by atoms with van der Waals surface area (Å²) in [6.07, 6.45) is 6.64. The standard InChI is InChI=1S/C23H26ClN7O3/c1-13-7-15-10-23(9-13,21-28-27-19(34-21)11-33-16-4-5-16)31(15)22(32)26-14-3-6-18(24)17(8-14)20-25-12-30(2)29-20/h3,6,8,12-13,15-16H,4-5,7,9-11H2,1-2H3,(H,26,32)/t13-,15?,23?/m0/s1. The maximum atomic E-state index is 13.5. The molecule has 7 rings (SSSR count). The molecule has 2 bridgehead atoms. The monoisotopic (exact) mass is 483 g/mol. The number of hydrogen-bond acceptors (Lipinski definition) is 7. The van der Waals surface area contributed by atoms with Gasteiger partial charge in [0.25, 0.3) is 0 Å². The largest absolute Gasteiger partial charge is 0.420 e. The first-order valence-electron chi connectivity index (χ1n) is 11.6. The van der Waals surface area contributed by atoms with Crippen LogP contribution >= 0.6 is 11.6 Å². The van der Waals surface area contributed by atoms with Crippen molar-refractivity contribution >= 4 is 23.3 Å². The third kappa shape index (κ3) is 3.74. The molecule has 0 radical (unpaired) electrons. The molecule has 0 spiro atoms. The lowest BCUT2D eigenvalue weighted by Crippen LogP contribution is -2.70. The smallest absolute Gasteiger partial charge is 0.323 e. The van der Waals surface area contributed by atoms with Gasteiger partial charge in [0.1, 0.15) is 18.5 Å². The van der Waals surface area contributed by atoms with Gasteiger partial charge in [-0.05, 0) is 49.8 Å². The lowest BCUT2D eigenvalue weighted by molar-refractivity contribution is -0.110. The van der Waals surface area contributed by atoms with Gasteiger partial charge in [-0.3, -0.25) is 4.68 Å². The number of carbonyl (C=O) groups is 1. The van der Waals surface area contributed by atoms with Gasteiger partial charge in [-0.1, -0.05) is 18.5 Å². The molecule has 4 aliphatic rings. The minimum Gasteiger partial charge on any atom is -0.420 e. The number of aryl methyl sites for hydroxylation is 1. The molecule has 1 aromatic carbocycles. The quantitative estimate of drug-likeness (QED) is 0.561. The van der Waals surface area contributed by atoms with Crippen LogP contribution in [0.1, 0.15) is 50.8 Å². The van der Waals surface area contributed by atoms with Gasteiger partial charge in [-0.15, -0.1) is 10.2 Å². The van der Waals surface area contributed by atoms with Crippen LogP contribution in [0, 0.1) is 5.92 Å². The summed E-state index contributed by atoms with van der Waals surface area (Å²) in [5.74, 6) is 1.91. The first-order chi connectivity index (χ1) is 16.4. The van der Waals surface area contributed by atoms with Crippen LogP contribution in [0.3, 0.4) is 0 Å². The van der Waals surface area contributed by atoms with Crippen molar-refractivity contribution in [1.82, 2.24) is 29.9 Å². The van der Waals surface area contributed by atoms with Gasteiger partial charge in [0.05, 0.1) is 11.1 Å². The van der Waals surface area contributed by atoms with Crippen molar-refractivity contribution in [2.24, 2.45) is 13.0 Å². The number of piperidine rings is 1. The number of ether oxygens (including phenoxy) is 1. The summed E-state index contributed by atoms with van der Waals surface area (Å²) in [6.45, 7) is 2.52. The number of fused-ring (bicyclic) bond motifs is 2. The van der Waals surface area contributed by atoms with Crippen molar-refractivity contribution in [3.05, 3.63) is 41.3 Å². The second-order valence-electron chi connectivity index (χ2n) is 9.68. The van der Waals surface area contributed by atoms with Crippen molar-refractivity contribution in [3.8, 4) is 11.4 Å². The number of hydrogen-bond donors (Lipinski definition) is 1. The Bertz CT molecular complexity index is 1240. The Morgan fingerprint density at radius 2 is 2.18 bits per heavy atom. The first-order valence-corrected chi connectivity index (χ1v) is 12.0. The van der Waals surface area contributed by atoms with Gasteiger partial charge >= 0.3 is 6.03 Å². The summed E-state index contributed by atoms with van der Waals surface area (Å²) in [5, 5.41) is 16.4. The van der Waals surface area contributed by atoms with E-state index in [0.717, 1.165) is 32.1 Å². The Kier molecular flexibility index (Phi) is 5.11. The number of nitrogens with zero attached hydrogens (tertiary/aromatic N) is 6. The molecule has 2 amide bonds. The molecule has 34 heavy (non-hydrogen) atoms. The molecule has 2 unspecified atom stereocenters. The number of amides is 2. The molecule has 178 valence electrons. The van der Waals surface area contributed by atoms with Gasteiger partial charge in [-0.25, -0.2) is 9.78 Å². The summed E-state index contributed by atoms with van der Waals surface area (Å²) >= 11 is 6.37. The van der Waals surface area contributed by atoms with E-state index in [4.69, 9.17) is 20.8 Å². The van der Waals surface area contributed by atoms with Gasteiger partial charge in [0.2, 0.25) is 11.8 Å². The van der Waals surface area contributed by atoms with E-state index < -0.39 is 5.54 Å². The van der Waals surface area contributed by atoms with Crippen LogP contribution in [0.2, 0.25) is 5.02 Å². The summed E-state index contributed by atoms with van der Waals surface area (Å²) in [5.41, 5.74) is 0.688. The number of anilines is 1. The molecule has 2 aliphatic carbocycles. The van der Waals surface area contributed by atoms with Crippen LogP contribution in [0.15, 0.2) is 28.9 Å². The molecule has 4 fully saturated rings. The molecular weight excluding hydrogens is 458 g/mol. The highest BCUT2D eigenvalue weighted by Crippen LogP contribution is 2.55. The van der Waals surface area contributed by atoms with Crippen LogP contribution in [-0.2, 0) is 23.9 Å². The van der Waals surface area contributed by atoms with E-state index in [1.807, 2.05) is 4.90 Å². The highest BCUT2D eigenvalue weighted by molar-refractivity contribution is 6.33. The second-order valence-corrected chi connectivity index (χ2v) is 10.1. The highest BCUT2D eigenvalue weighted by Gasteiger charge is 2.62. The molecule has 2 aliphatic heterocycles. The predicted molar refractivity (Wildman–Crippen MR) is 123 cm³/mol. The van der Waals surface area contributed by atoms with E-state index in [1.165, 1.54) is 0 Å². The molecule has 3 atom stereocenters. The summed E-state index contributed by atoms with van der Waals surface area (Å²) in [4.78, 5) is 19.6. The average molecular weight is 484 g/mol. The zero-order valence-electron chi connectivity index (χ0n) is 19.1. The number of rotatable bonds is 6. The minimum atomic E-state index is -0.588. The number of benzene rings is 1. The maximum Gasteiger partial charge on any atom is 0.323 e. The SMILES string of the molecule is C[C@H]1CC2CC(c3nnc(COC4CC4)o3)(C1)N2C(=O)Nc1ccc(Cl)c(-c2ncn(C)n2)c1. The van der Waals surface area contributed by atoms with Crippen LogP contribution in [0.5, 0.6) is 0 Å². The van der Waals surface area contributed by atoms with Crippen LogP contribution in [-0.4, -0.2) is 48.0 Å². The summed E-state index contributed by atoms with van der Waals surface area (Å²) in [6, 6.07) is 5.24. The van der Waals surface area contributed by atoms with E-state index in [9.17, 15) is 4.79 Å². The Balaban J connectivity index is 1.23.